The summed E-state index contributed by atoms with van der Waals surface area (Å²) in [4.78, 5) is 7.21. The molecule has 0 unspecified atom stereocenters. The number of fused-ring (bicyclic) bond motifs is 3. The second-order valence-corrected chi connectivity index (χ2v) is 7.73. The fourth-order valence-corrected chi connectivity index (χ4v) is 3.93. The number of halogens is 4. The van der Waals surface area contributed by atoms with Gasteiger partial charge in [-0.2, -0.15) is 0 Å². The molecule has 0 saturated carbocycles. The van der Waals surface area contributed by atoms with Gasteiger partial charge in [-0.05, 0) is 50.7 Å². The van der Waals surface area contributed by atoms with Gasteiger partial charge in [0.15, 0.2) is 0 Å². The number of benzene rings is 1. The van der Waals surface area contributed by atoms with Crippen LogP contribution in [0.5, 0.6) is 0 Å². The zero-order valence-electron chi connectivity index (χ0n) is 19.0. The number of pyridine rings is 1. The van der Waals surface area contributed by atoms with Crippen molar-refractivity contribution in [1.82, 2.24) is 19.8 Å². The first kappa shape index (κ1) is 32.4. The van der Waals surface area contributed by atoms with Gasteiger partial charge in [-0.15, -0.1) is 49.6 Å². The Morgan fingerprint density at radius 1 is 0.968 bits per heavy atom. The van der Waals surface area contributed by atoms with Crippen molar-refractivity contribution < 1.29 is 0 Å². The molecule has 0 aliphatic heterocycles. The minimum Gasteiger partial charge on any atom is -0.339 e. The van der Waals surface area contributed by atoms with Crippen LogP contribution in [0.3, 0.4) is 0 Å². The Labute approximate surface area is 212 Å². The number of para-hydroxylation sites is 1. The van der Waals surface area contributed by atoms with Gasteiger partial charge in [0.25, 0.3) is 0 Å². The molecule has 0 aliphatic carbocycles. The molecule has 178 valence electrons. The van der Waals surface area contributed by atoms with Gasteiger partial charge in [0.1, 0.15) is 0 Å². The van der Waals surface area contributed by atoms with E-state index in [-0.39, 0.29) is 49.6 Å². The van der Waals surface area contributed by atoms with E-state index in [0.29, 0.717) is 5.92 Å². The van der Waals surface area contributed by atoms with Crippen LogP contribution in [0.4, 0.5) is 0 Å². The van der Waals surface area contributed by atoms with E-state index >= 15 is 0 Å². The maximum Gasteiger partial charge on any atom is 0.0784 e. The number of nitrogens with zero attached hydrogens (tertiary/aromatic N) is 3. The highest BCUT2D eigenvalue weighted by atomic mass is 35.5. The molecule has 8 heteroatoms. The van der Waals surface area contributed by atoms with E-state index in [1.807, 2.05) is 6.20 Å². The van der Waals surface area contributed by atoms with E-state index in [1.165, 1.54) is 28.2 Å². The molecule has 0 saturated heterocycles. The van der Waals surface area contributed by atoms with Crippen LogP contribution in [-0.4, -0.2) is 40.6 Å². The highest BCUT2D eigenvalue weighted by molar-refractivity contribution is 6.08. The van der Waals surface area contributed by atoms with Crippen LogP contribution in [0.1, 0.15) is 39.8 Å². The first-order valence-corrected chi connectivity index (χ1v) is 10.4. The molecule has 1 N–H and O–H groups in total. The van der Waals surface area contributed by atoms with E-state index in [4.69, 9.17) is 4.98 Å². The Morgan fingerprint density at radius 3 is 2.29 bits per heavy atom. The lowest BCUT2D eigenvalue weighted by Gasteiger charge is -2.17. The standard InChI is InChI=1S/C23H34N4.4ClH/c1-5-26(6-2)15-9-13-24-16-21-23-20(12-14-25-21)19-10-7-8-11-22(19)27(23)17-18(3)4;;;;/h7-8,10-12,14,18,24H,5-6,9,13,15-17H2,1-4H3;4*1H. The number of hydrogen-bond acceptors (Lipinski definition) is 3. The molecule has 1 aromatic carbocycles. The van der Waals surface area contributed by atoms with Gasteiger partial charge in [0, 0.05) is 35.6 Å². The van der Waals surface area contributed by atoms with Crippen LogP contribution in [0, 0.1) is 5.92 Å². The Hall–Kier alpha value is -0.750. The lowest BCUT2D eigenvalue weighted by Crippen LogP contribution is -2.27. The molecular weight excluding hydrogens is 474 g/mol. The van der Waals surface area contributed by atoms with Crippen molar-refractivity contribution in [3.63, 3.8) is 0 Å². The second-order valence-electron chi connectivity index (χ2n) is 7.73. The Balaban J connectivity index is 0. The van der Waals surface area contributed by atoms with Gasteiger partial charge in [-0.1, -0.05) is 45.9 Å². The first-order chi connectivity index (χ1) is 13.2. The topological polar surface area (TPSA) is 33.1 Å². The van der Waals surface area contributed by atoms with E-state index in [0.717, 1.165) is 45.0 Å². The van der Waals surface area contributed by atoms with E-state index in [1.54, 1.807) is 0 Å². The van der Waals surface area contributed by atoms with Gasteiger partial charge >= 0.3 is 0 Å². The molecule has 0 amide bonds. The first-order valence-electron chi connectivity index (χ1n) is 10.4. The Bertz CT molecular complexity index is 879. The summed E-state index contributed by atoms with van der Waals surface area (Å²) in [5.74, 6) is 0.596. The molecule has 2 aromatic heterocycles. The summed E-state index contributed by atoms with van der Waals surface area (Å²) in [5.41, 5.74) is 3.77. The lowest BCUT2D eigenvalue weighted by molar-refractivity contribution is 0.298. The number of hydrogen-bond donors (Lipinski definition) is 1. The van der Waals surface area contributed by atoms with E-state index in [9.17, 15) is 0 Å². The summed E-state index contributed by atoms with van der Waals surface area (Å²) in [6.45, 7) is 15.3. The summed E-state index contributed by atoms with van der Waals surface area (Å²) in [5, 5.41) is 6.27. The maximum absolute atomic E-state index is 4.74. The van der Waals surface area contributed by atoms with Crippen molar-refractivity contribution in [2.24, 2.45) is 5.92 Å². The lowest BCUT2D eigenvalue weighted by atomic mass is 10.1. The molecule has 2 heterocycles. The molecule has 0 fully saturated rings. The highest BCUT2D eigenvalue weighted by Gasteiger charge is 2.15. The normalized spacial score (nSPS) is 10.5. The predicted molar refractivity (Wildman–Crippen MR) is 145 cm³/mol. The molecule has 0 radical (unpaired) electrons. The number of rotatable bonds is 10. The van der Waals surface area contributed by atoms with Crippen molar-refractivity contribution in [2.75, 3.05) is 26.2 Å². The van der Waals surface area contributed by atoms with Gasteiger partial charge < -0.3 is 14.8 Å². The average Bonchev–Trinajstić information content (AvgIpc) is 2.99. The van der Waals surface area contributed by atoms with Gasteiger partial charge in [0.2, 0.25) is 0 Å². The quantitative estimate of drug-likeness (QED) is 0.321. The van der Waals surface area contributed by atoms with Crippen LogP contribution in [-0.2, 0) is 13.1 Å². The van der Waals surface area contributed by atoms with Crippen molar-refractivity contribution in [3.05, 3.63) is 42.2 Å². The highest BCUT2D eigenvalue weighted by Crippen LogP contribution is 2.31. The largest absolute Gasteiger partial charge is 0.339 e. The van der Waals surface area contributed by atoms with Crippen LogP contribution in [0.15, 0.2) is 36.5 Å². The molecule has 3 aromatic rings. The third-order valence-corrected chi connectivity index (χ3v) is 5.32. The molecule has 0 atom stereocenters. The smallest absolute Gasteiger partial charge is 0.0784 e. The summed E-state index contributed by atoms with van der Waals surface area (Å²) in [6.07, 6.45) is 3.13. The van der Waals surface area contributed by atoms with E-state index < -0.39 is 0 Å². The summed E-state index contributed by atoms with van der Waals surface area (Å²) >= 11 is 0. The van der Waals surface area contributed by atoms with Crippen LogP contribution in [0.2, 0.25) is 0 Å². The number of nitrogens with one attached hydrogen (secondary N) is 1. The minimum absolute atomic E-state index is 0. The van der Waals surface area contributed by atoms with Gasteiger partial charge in [-0.3, -0.25) is 4.98 Å². The summed E-state index contributed by atoms with van der Waals surface area (Å²) in [7, 11) is 0. The molecule has 0 bridgehead atoms. The van der Waals surface area contributed by atoms with Gasteiger partial charge in [0.05, 0.1) is 11.2 Å². The van der Waals surface area contributed by atoms with Crippen LogP contribution in [0.25, 0.3) is 21.8 Å². The van der Waals surface area contributed by atoms with E-state index in [2.05, 4.69) is 72.8 Å². The number of aromatic nitrogens is 2. The van der Waals surface area contributed by atoms with Crippen molar-refractivity contribution in [2.45, 2.75) is 47.2 Å². The predicted octanol–water partition coefficient (Wildman–Crippen LogP) is 6.35. The van der Waals surface area contributed by atoms with Crippen molar-refractivity contribution >= 4 is 71.4 Å². The van der Waals surface area contributed by atoms with Crippen molar-refractivity contribution in [3.8, 4) is 0 Å². The maximum atomic E-state index is 4.74. The third kappa shape index (κ3) is 7.96. The monoisotopic (exact) mass is 510 g/mol. The molecular formula is C23H38Cl4N4. The molecule has 0 aliphatic rings. The average molecular weight is 512 g/mol. The fourth-order valence-electron chi connectivity index (χ4n) is 3.93. The molecule has 4 nitrogen and oxygen atoms in total. The zero-order chi connectivity index (χ0) is 19.2. The minimum atomic E-state index is 0. The molecule has 3 rings (SSSR count). The molecule has 0 spiro atoms. The zero-order valence-corrected chi connectivity index (χ0v) is 22.2. The van der Waals surface area contributed by atoms with Crippen LogP contribution < -0.4 is 5.32 Å². The SMILES string of the molecule is CCN(CC)CCCNCc1nccc2c3ccccc3n(CC(C)C)c12.Cl.Cl.Cl.Cl. The van der Waals surface area contributed by atoms with Crippen LogP contribution >= 0.6 is 49.6 Å². The second kappa shape index (κ2) is 16.0. The summed E-state index contributed by atoms with van der Waals surface area (Å²) in [6, 6.07) is 10.9. The van der Waals surface area contributed by atoms with Crippen molar-refractivity contribution in [1.29, 1.82) is 0 Å². The summed E-state index contributed by atoms with van der Waals surface area (Å²) < 4.78 is 2.47. The Kier molecular flexibility index (Phi) is 16.7. The third-order valence-electron chi connectivity index (χ3n) is 5.32. The fraction of sp³-hybridized carbons (Fsp3) is 0.522. The molecule has 31 heavy (non-hydrogen) atoms. The van der Waals surface area contributed by atoms with Gasteiger partial charge in [-0.25, -0.2) is 0 Å². The Morgan fingerprint density at radius 2 is 1.65 bits per heavy atom.